The van der Waals surface area contributed by atoms with Crippen LogP contribution in [0, 0.1) is 5.92 Å². The maximum atomic E-state index is 12.0. The topological polar surface area (TPSA) is 55.1 Å². The molecular weight excluding hydrogens is 221 g/mol. The summed E-state index contributed by atoms with van der Waals surface area (Å²) in [6.07, 6.45) is -2.25. The highest BCUT2D eigenvalue weighted by Gasteiger charge is 2.33. The Morgan fingerprint density at radius 3 is 2.50 bits per heavy atom. The van der Waals surface area contributed by atoms with Crippen LogP contribution in [0.4, 0.5) is 13.2 Å². The molecule has 1 amide bonds. The Morgan fingerprint density at radius 1 is 1.31 bits per heavy atom. The number of nitrogens with one attached hydrogen (secondary N) is 1. The number of hydrogen-bond acceptors (Lipinski definition) is 2. The second-order valence-electron chi connectivity index (χ2n) is 4.25. The van der Waals surface area contributed by atoms with Gasteiger partial charge in [0.25, 0.3) is 0 Å². The molecular formula is C10H17F3N2O. The van der Waals surface area contributed by atoms with Gasteiger partial charge in [-0.25, -0.2) is 0 Å². The first-order valence-electron chi connectivity index (χ1n) is 5.48. The highest BCUT2D eigenvalue weighted by atomic mass is 19.4. The Hall–Kier alpha value is -0.780. The maximum absolute atomic E-state index is 12.0. The van der Waals surface area contributed by atoms with E-state index in [1.807, 2.05) is 0 Å². The van der Waals surface area contributed by atoms with Gasteiger partial charge in [-0.3, -0.25) is 4.79 Å². The first-order valence-corrected chi connectivity index (χ1v) is 5.48. The quantitative estimate of drug-likeness (QED) is 0.784. The number of alkyl halides is 3. The SMILES string of the molecule is NCC1CCCCC1NC(=O)CC(F)(F)F. The van der Waals surface area contributed by atoms with Gasteiger partial charge in [-0.15, -0.1) is 0 Å². The van der Waals surface area contributed by atoms with Crippen molar-refractivity contribution in [3.63, 3.8) is 0 Å². The van der Waals surface area contributed by atoms with Gasteiger partial charge in [-0.2, -0.15) is 13.2 Å². The zero-order valence-electron chi connectivity index (χ0n) is 9.02. The summed E-state index contributed by atoms with van der Waals surface area (Å²) in [5.74, 6) is -0.830. The molecule has 1 aliphatic carbocycles. The zero-order chi connectivity index (χ0) is 12.2. The molecule has 0 radical (unpaired) electrons. The molecule has 0 saturated heterocycles. The Labute approximate surface area is 92.6 Å². The second-order valence-corrected chi connectivity index (χ2v) is 4.25. The number of halogens is 3. The molecule has 3 N–H and O–H groups in total. The number of nitrogens with two attached hydrogens (primary N) is 1. The lowest BCUT2D eigenvalue weighted by molar-refractivity contribution is -0.154. The summed E-state index contributed by atoms with van der Waals surface area (Å²) in [6, 6.07) is -0.186. The third-order valence-corrected chi connectivity index (χ3v) is 2.92. The van der Waals surface area contributed by atoms with E-state index >= 15 is 0 Å². The van der Waals surface area contributed by atoms with Gasteiger partial charge in [0, 0.05) is 6.04 Å². The molecule has 1 fully saturated rings. The van der Waals surface area contributed by atoms with E-state index < -0.39 is 18.5 Å². The lowest BCUT2D eigenvalue weighted by Crippen LogP contribution is -2.45. The van der Waals surface area contributed by atoms with E-state index in [0.717, 1.165) is 25.7 Å². The molecule has 0 aromatic carbocycles. The van der Waals surface area contributed by atoms with E-state index in [1.165, 1.54) is 0 Å². The molecule has 0 bridgehead atoms. The summed E-state index contributed by atoms with van der Waals surface area (Å²) in [5, 5.41) is 2.44. The summed E-state index contributed by atoms with van der Waals surface area (Å²) >= 11 is 0. The number of hydrogen-bond donors (Lipinski definition) is 2. The van der Waals surface area contributed by atoms with Crippen molar-refractivity contribution in [2.45, 2.75) is 44.3 Å². The largest absolute Gasteiger partial charge is 0.397 e. The van der Waals surface area contributed by atoms with Gasteiger partial charge in [0.2, 0.25) is 5.91 Å². The van der Waals surface area contributed by atoms with E-state index in [-0.39, 0.29) is 12.0 Å². The normalized spacial score (nSPS) is 26.5. The average Bonchev–Trinajstić information content (AvgIpc) is 2.15. The van der Waals surface area contributed by atoms with E-state index in [2.05, 4.69) is 5.32 Å². The van der Waals surface area contributed by atoms with Crippen molar-refractivity contribution in [1.82, 2.24) is 5.32 Å². The van der Waals surface area contributed by atoms with E-state index in [0.29, 0.717) is 6.54 Å². The van der Waals surface area contributed by atoms with E-state index in [9.17, 15) is 18.0 Å². The molecule has 94 valence electrons. The van der Waals surface area contributed by atoms with Crippen molar-refractivity contribution < 1.29 is 18.0 Å². The Bertz CT molecular complexity index is 243. The predicted octanol–water partition coefficient (Wildman–Crippen LogP) is 1.57. The van der Waals surface area contributed by atoms with Gasteiger partial charge >= 0.3 is 6.18 Å². The Morgan fingerprint density at radius 2 is 1.94 bits per heavy atom. The van der Waals surface area contributed by atoms with Crippen LogP contribution in [0.15, 0.2) is 0 Å². The number of carbonyl (C=O) groups excluding carboxylic acids is 1. The Balaban J connectivity index is 2.42. The minimum Gasteiger partial charge on any atom is -0.353 e. The van der Waals surface area contributed by atoms with Crippen LogP contribution in [0.2, 0.25) is 0 Å². The number of carbonyl (C=O) groups is 1. The maximum Gasteiger partial charge on any atom is 0.397 e. The van der Waals surface area contributed by atoms with Crippen LogP contribution in [0.25, 0.3) is 0 Å². The van der Waals surface area contributed by atoms with Crippen LogP contribution in [0.1, 0.15) is 32.1 Å². The van der Waals surface area contributed by atoms with Crippen molar-refractivity contribution in [2.24, 2.45) is 11.7 Å². The highest BCUT2D eigenvalue weighted by molar-refractivity contribution is 5.76. The van der Waals surface area contributed by atoms with Crippen LogP contribution in [-0.4, -0.2) is 24.7 Å². The molecule has 0 spiro atoms. The van der Waals surface area contributed by atoms with Gasteiger partial charge in [0.1, 0.15) is 6.42 Å². The van der Waals surface area contributed by atoms with Crippen molar-refractivity contribution in [3.05, 3.63) is 0 Å². The fourth-order valence-electron chi connectivity index (χ4n) is 2.12. The van der Waals surface area contributed by atoms with Gasteiger partial charge in [-0.05, 0) is 25.3 Å². The molecule has 0 heterocycles. The average molecular weight is 238 g/mol. The molecule has 1 saturated carbocycles. The first-order chi connectivity index (χ1) is 7.42. The van der Waals surface area contributed by atoms with E-state index in [1.54, 1.807) is 0 Å². The van der Waals surface area contributed by atoms with Crippen LogP contribution < -0.4 is 11.1 Å². The number of amides is 1. The fraction of sp³-hybridized carbons (Fsp3) is 0.900. The third kappa shape index (κ3) is 4.38. The minimum absolute atomic E-state index is 0.117. The molecule has 1 aliphatic rings. The monoisotopic (exact) mass is 238 g/mol. The second kappa shape index (κ2) is 5.52. The van der Waals surface area contributed by atoms with Crippen LogP contribution >= 0.6 is 0 Å². The standard InChI is InChI=1S/C10H17F3N2O/c11-10(12,13)5-9(16)15-8-4-2-1-3-7(8)6-14/h7-8H,1-6,14H2,(H,15,16). The van der Waals surface area contributed by atoms with Crippen LogP contribution in [0.5, 0.6) is 0 Å². The van der Waals surface area contributed by atoms with Crippen molar-refractivity contribution in [2.75, 3.05) is 6.54 Å². The Kier molecular flexibility index (Phi) is 4.58. The summed E-state index contributed by atoms with van der Waals surface area (Å²) < 4.78 is 35.9. The van der Waals surface area contributed by atoms with Gasteiger partial charge in [0.15, 0.2) is 0 Å². The summed E-state index contributed by atoms with van der Waals surface area (Å²) in [6.45, 7) is 0.414. The smallest absolute Gasteiger partial charge is 0.353 e. The minimum atomic E-state index is -4.43. The van der Waals surface area contributed by atoms with Crippen LogP contribution in [-0.2, 0) is 4.79 Å². The molecule has 2 atom stereocenters. The molecule has 0 aliphatic heterocycles. The molecule has 6 heteroatoms. The van der Waals surface area contributed by atoms with E-state index in [4.69, 9.17) is 5.73 Å². The summed E-state index contributed by atoms with van der Waals surface area (Å²) in [4.78, 5) is 11.1. The molecule has 0 aromatic rings. The van der Waals surface area contributed by atoms with Crippen molar-refractivity contribution >= 4 is 5.91 Å². The summed E-state index contributed by atoms with van der Waals surface area (Å²) in [5.41, 5.74) is 5.52. The lowest BCUT2D eigenvalue weighted by atomic mass is 9.84. The predicted molar refractivity (Wildman–Crippen MR) is 53.6 cm³/mol. The lowest BCUT2D eigenvalue weighted by Gasteiger charge is -2.31. The molecule has 1 rings (SSSR count). The molecule has 3 nitrogen and oxygen atoms in total. The number of rotatable bonds is 3. The van der Waals surface area contributed by atoms with Crippen molar-refractivity contribution in [1.29, 1.82) is 0 Å². The zero-order valence-corrected chi connectivity index (χ0v) is 9.02. The van der Waals surface area contributed by atoms with Crippen molar-refractivity contribution in [3.8, 4) is 0 Å². The molecule has 0 aromatic heterocycles. The van der Waals surface area contributed by atoms with Gasteiger partial charge in [0.05, 0.1) is 0 Å². The molecule has 2 unspecified atom stereocenters. The molecule has 16 heavy (non-hydrogen) atoms. The summed E-state index contributed by atoms with van der Waals surface area (Å²) in [7, 11) is 0. The van der Waals surface area contributed by atoms with Gasteiger partial charge < -0.3 is 11.1 Å². The third-order valence-electron chi connectivity index (χ3n) is 2.92. The van der Waals surface area contributed by atoms with Gasteiger partial charge in [-0.1, -0.05) is 12.8 Å². The highest BCUT2D eigenvalue weighted by Crippen LogP contribution is 2.24. The first kappa shape index (κ1) is 13.3. The fourth-order valence-corrected chi connectivity index (χ4v) is 2.12. The van der Waals surface area contributed by atoms with Crippen LogP contribution in [0.3, 0.4) is 0 Å².